The number of halogens is 2. The van der Waals surface area contributed by atoms with Crippen LogP contribution in [0.4, 0.5) is 8.78 Å². The van der Waals surface area contributed by atoms with Crippen molar-refractivity contribution in [3.05, 3.63) is 88.2 Å². The topological polar surface area (TPSA) is 64.0 Å². The normalized spacial score (nSPS) is 10.6. The van der Waals surface area contributed by atoms with Crippen molar-refractivity contribution in [1.29, 1.82) is 0 Å². The lowest BCUT2D eigenvalue weighted by Crippen LogP contribution is -2.29. The van der Waals surface area contributed by atoms with Crippen LogP contribution in [0.15, 0.2) is 65.5 Å². The van der Waals surface area contributed by atoms with Gasteiger partial charge in [-0.2, -0.15) is 5.10 Å². The average molecular weight is 383 g/mol. The fourth-order valence-electron chi connectivity index (χ4n) is 2.69. The van der Waals surface area contributed by atoms with Crippen molar-refractivity contribution < 1.29 is 13.6 Å². The number of hydrogen-bond acceptors (Lipinski definition) is 3. The molecule has 1 N–H and O–H groups in total. The predicted molar refractivity (Wildman–Crippen MR) is 102 cm³/mol. The van der Waals surface area contributed by atoms with Crippen molar-refractivity contribution in [3.8, 4) is 11.3 Å². The van der Waals surface area contributed by atoms with Gasteiger partial charge in [-0.25, -0.2) is 13.5 Å². The SMILES string of the molecule is O=C(Cc1ccc(F)cc1)NCCCn1nc(-c2ccc(F)cc2)ccc1=O. The van der Waals surface area contributed by atoms with Gasteiger partial charge in [-0.1, -0.05) is 12.1 Å². The number of carbonyl (C=O) groups is 1. The molecule has 0 unspecified atom stereocenters. The summed E-state index contributed by atoms with van der Waals surface area (Å²) in [6, 6.07) is 14.6. The van der Waals surface area contributed by atoms with Crippen molar-refractivity contribution >= 4 is 5.91 Å². The largest absolute Gasteiger partial charge is 0.356 e. The Kier molecular flexibility index (Phi) is 6.26. The molecule has 0 aliphatic rings. The van der Waals surface area contributed by atoms with Gasteiger partial charge in [0.25, 0.3) is 5.56 Å². The van der Waals surface area contributed by atoms with Crippen LogP contribution in [0.2, 0.25) is 0 Å². The fourth-order valence-corrected chi connectivity index (χ4v) is 2.69. The van der Waals surface area contributed by atoms with E-state index in [1.54, 1.807) is 30.3 Å². The Labute approximate surface area is 160 Å². The minimum atomic E-state index is -0.343. The lowest BCUT2D eigenvalue weighted by Gasteiger charge is -2.08. The van der Waals surface area contributed by atoms with Crippen molar-refractivity contribution in [2.45, 2.75) is 19.4 Å². The van der Waals surface area contributed by atoms with E-state index in [-0.39, 0.29) is 29.5 Å². The second kappa shape index (κ2) is 9.03. The quantitative estimate of drug-likeness (QED) is 0.638. The molecule has 0 spiro atoms. The van der Waals surface area contributed by atoms with E-state index < -0.39 is 0 Å². The summed E-state index contributed by atoms with van der Waals surface area (Å²) in [6.45, 7) is 0.722. The number of amides is 1. The minimum Gasteiger partial charge on any atom is -0.356 e. The summed E-state index contributed by atoms with van der Waals surface area (Å²) in [5.41, 5.74) is 1.76. The number of aryl methyl sites for hydroxylation is 1. The molecule has 7 heteroatoms. The molecular weight excluding hydrogens is 364 g/mol. The van der Waals surface area contributed by atoms with Crippen LogP contribution >= 0.6 is 0 Å². The maximum Gasteiger partial charge on any atom is 0.266 e. The number of nitrogens with zero attached hydrogens (tertiary/aromatic N) is 2. The van der Waals surface area contributed by atoms with Gasteiger partial charge in [0, 0.05) is 24.7 Å². The van der Waals surface area contributed by atoms with Gasteiger partial charge in [0.2, 0.25) is 5.91 Å². The molecule has 2 aromatic carbocycles. The number of hydrogen-bond donors (Lipinski definition) is 1. The van der Waals surface area contributed by atoms with Crippen LogP contribution in [-0.2, 0) is 17.8 Å². The Morgan fingerprint density at radius 1 is 0.929 bits per heavy atom. The van der Waals surface area contributed by atoms with Crippen LogP contribution in [0.5, 0.6) is 0 Å². The summed E-state index contributed by atoms with van der Waals surface area (Å²) >= 11 is 0. The third-order valence-corrected chi connectivity index (χ3v) is 4.15. The van der Waals surface area contributed by atoms with E-state index in [9.17, 15) is 18.4 Å². The molecule has 0 aliphatic carbocycles. The zero-order valence-electron chi connectivity index (χ0n) is 15.1. The van der Waals surface area contributed by atoms with Gasteiger partial charge in [-0.15, -0.1) is 0 Å². The Hall–Kier alpha value is -3.35. The van der Waals surface area contributed by atoms with Crippen LogP contribution < -0.4 is 10.9 Å². The monoisotopic (exact) mass is 383 g/mol. The third-order valence-electron chi connectivity index (χ3n) is 4.15. The summed E-state index contributed by atoms with van der Waals surface area (Å²) in [5.74, 6) is -0.856. The van der Waals surface area contributed by atoms with E-state index in [2.05, 4.69) is 10.4 Å². The maximum absolute atomic E-state index is 13.0. The summed E-state index contributed by atoms with van der Waals surface area (Å²) in [6.07, 6.45) is 0.688. The smallest absolute Gasteiger partial charge is 0.266 e. The summed E-state index contributed by atoms with van der Waals surface area (Å²) in [4.78, 5) is 23.9. The van der Waals surface area contributed by atoms with Gasteiger partial charge in [-0.05, 0) is 54.4 Å². The molecule has 0 radical (unpaired) electrons. The number of rotatable bonds is 7. The first-order valence-electron chi connectivity index (χ1n) is 8.86. The lowest BCUT2D eigenvalue weighted by atomic mass is 10.1. The molecule has 0 atom stereocenters. The molecule has 0 saturated carbocycles. The maximum atomic E-state index is 13.0. The average Bonchev–Trinajstić information content (AvgIpc) is 2.69. The third kappa shape index (κ3) is 5.33. The van der Waals surface area contributed by atoms with E-state index >= 15 is 0 Å². The second-order valence-electron chi connectivity index (χ2n) is 6.29. The van der Waals surface area contributed by atoms with E-state index in [1.165, 1.54) is 35.0 Å². The Morgan fingerprint density at radius 3 is 2.25 bits per heavy atom. The Balaban J connectivity index is 1.52. The predicted octanol–water partition coefficient (Wildman–Crippen LogP) is 2.94. The number of carbonyl (C=O) groups excluding carboxylic acids is 1. The highest BCUT2D eigenvalue weighted by molar-refractivity contribution is 5.78. The number of nitrogens with one attached hydrogen (secondary N) is 1. The van der Waals surface area contributed by atoms with Crippen molar-refractivity contribution in [3.63, 3.8) is 0 Å². The van der Waals surface area contributed by atoms with E-state index in [0.29, 0.717) is 30.8 Å². The van der Waals surface area contributed by atoms with Crippen LogP contribution in [0.25, 0.3) is 11.3 Å². The Morgan fingerprint density at radius 2 is 1.57 bits per heavy atom. The van der Waals surface area contributed by atoms with Crippen molar-refractivity contribution in [2.24, 2.45) is 0 Å². The lowest BCUT2D eigenvalue weighted by molar-refractivity contribution is -0.120. The molecule has 3 rings (SSSR count). The molecule has 1 heterocycles. The molecule has 144 valence electrons. The first kappa shape index (κ1) is 19.4. The zero-order valence-corrected chi connectivity index (χ0v) is 15.1. The van der Waals surface area contributed by atoms with Gasteiger partial charge in [0.15, 0.2) is 0 Å². The summed E-state index contributed by atoms with van der Waals surface area (Å²) in [7, 11) is 0. The van der Waals surface area contributed by atoms with Gasteiger partial charge >= 0.3 is 0 Å². The van der Waals surface area contributed by atoms with Crippen molar-refractivity contribution in [1.82, 2.24) is 15.1 Å². The zero-order chi connectivity index (χ0) is 19.9. The molecule has 5 nitrogen and oxygen atoms in total. The number of benzene rings is 2. The Bertz CT molecular complexity index is 999. The standard InChI is InChI=1S/C21H19F2N3O2/c22-17-6-2-15(3-7-17)14-20(27)24-12-1-13-26-21(28)11-10-19(25-26)16-4-8-18(23)9-5-16/h2-11H,1,12-14H2,(H,24,27). The van der Waals surface area contributed by atoms with Crippen LogP contribution in [-0.4, -0.2) is 22.2 Å². The molecule has 0 saturated heterocycles. The van der Waals surface area contributed by atoms with Crippen molar-refractivity contribution in [2.75, 3.05) is 6.54 Å². The highest BCUT2D eigenvalue weighted by Gasteiger charge is 2.06. The van der Waals surface area contributed by atoms with Crippen LogP contribution in [0.1, 0.15) is 12.0 Å². The van der Waals surface area contributed by atoms with Crippen LogP contribution in [0.3, 0.4) is 0 Å². The molecule has 28 heavy (non-hydrogen) atoms. The molecule has 3 aromatic rings. The van der Waals surface area contributed by atoms with E-state index in [0.717, 1.165) is 5.56 Å². The molecule has 1 amide bonds. The van der Waals surface area contributed by atoms with E-state index in [1.807, 2.05) is 0 Å². The van der Waals surface area contributed by atoms with E-state index in [4.69, 9.17) is 0 Å². The molecular formula is C21H19F2N3O2. The van der Waals surface area contributed by atoms with Gasteiger partial charge < -0.3 is 5.32 Å². The van der Waals surface area contributed by atoms with Gasteiger partial charge in [0.05, 0.1) is 12.1 Å². The minimum absolute atomic E-state index is 0.165. The molecule has 0 fully saturated rings. The van der Waals surface area contributed by atoms with Gasteiger partial charge in [0.1, 0.15) is 11.6 Å². The van der Waals surface area contributed by atoms with Crippen LogP contribution in [0, 0.1) is 11.6 Å². The molecule has 1 aromatic heterocycles. The first-order chi connectivity index (χ1) is 13.5. The molecule has 0 aliphatic heterocycles. The number of aromatic nitrogens is 2. The second-order valence-corrected chi connectivity index (χ2v) is 6.29. The van der Waals surface area contributed by atoms with Gasteiger partial charge in [-0.3, -0.25) is 9.59 Å². The highest BCUT2D eigenvalue weighted by Crippen LogP contribution is 2.15. The highest BCUT2D eigenvalue weighted by atomic mass is 19.1. The molecule has 0 bridgehead atoms. The summed E-state index contributed by atoms with van der Waals surface area (Å²) in [5, 5.41) is 7.07. The fraction of sp³-hybridized carbons (Fsp3) is 0.190. The summed E-state index contributed by atoms with van der Waals surface area (Å²) < 4.78 is 27.2. The first-order valence-corrected chi connectivity index (χ1v) is 8.86.